The molecule has 0 radical (unpaired) electrons. The maximum absolute atomic E-state index is 11.5. The van der Waals surface area contributed by atoms with Crippen LogP contribution in [0.15, 0.2) is 24.3 Å². The minimum Gasteiger partial charge on any atom is -0.388 e. The highest BCUT2D eigenvalue weighted by Gasteiger charge is 2.30. The Labute approximate surface area is 124 Å². The first-order chi connectivity index (χ1) is 10.0. The van der Waals surface area contributed by atoms with E-state index in [1.165, 1.54) is 0 Å². The molecule has 0 spiro atoms. The third kappa shape index (κ3) is 4.50. The molecule has 1 aliphatic heterocycles. The van der Waals surface area contributed by atoms with Gasteiger partial charge in [-0.2, -0.15) is 0 Å². The summed E-state index contributed by atoms with van der Waals surface area (Å²) in [6.45, 7) is 2.46. The van der Waals surface area contributed by atoms with Crippen molar-refractivity contribution in [3.05, 3.63) is 35.4 Å². The molecule has 1 aromatic carbocycles. The number of carbonyl (C=O) groups excluding carboxylic acids is 1. The number of likely N-dealkylation sites (N-methyl/N-ethyl adjacent to an activating group) is 1. The number of hydrogen-bond donors (Lipinski definition) is 3. The second-order valence-corrected chi connectivity index (χ2v) is 5.68. The molecule has 0 aliphatic carbocycles. The predicted octanol–water partition coefficient (Wildman–Crippen LogP) is 0.263. The monoisotopic (exact) mass is 293 g/mol. The molecule has 4 N–H and O–H groups in total. The van der Waals surface area contributed by atoms with Crippen LogP contribution in [0, 0.1) is 0 Å². The van der Waals surface area contributed by atoms with Crippen LogP contribution in [0.1, 0.15) is 28.8 Å². The molecule has 0 saturated carbocycles. The summed E-state index contributed by atoms with van der Waals surface area (Å²) in [6, 6.07) is 7.32. The third-order valence-electron chi connectivity index (χ3n) is 3.76. The fourth-order valence-corrected chi connectivity index (χ4v) is 2.67. The Balaban J connectivity index is 1.96. The Morgan fingerprint density at radius 1 is 1.48 bits per heavy atom. The topological polar surface area (TPSA) is 87.8 Å². The van der Waals surface area contributed by atoms with E-state index in [1.54, 1.807) is 6.07 Å². The van der Waals surface area contributed by atoms with Crippen LogP contribution in [0.4, 0.5) is 0 Å². The highest BCUT2D eigenvalue weighted by atomic mass is 16.5. The van der Waals surface area contributed by atoms with Crippen LogP contribution >= 0.6 is 0 Å². The third-order valence-corrected chi connectivity index (χ3v) is 3.76. The quantitative estimate of drug-likeness (QED) is 0.412. The number of carbonyl (C=O) groups is 1. The van der Waals surface area contributed by atoms with Crippen molar-refractivity contribution in [3.8, 4) is 0 Å². The van der Waals surface area contributed by atoms with Crippen molar-refractivity contribution in [2.75, 3.05) is 26.8 Å². The van der Waals surface area contributed by atoms with Gasteiger partial charge in [-0.15, -0.1) is 0 Å². The average Bonchev–Trinajstić information content (AvgIpc) is 2.46. The van der Waals surface area contributed by atoms with E-state index < -0.39 is 5.60 Å². The number of nitrogens with zero attached hydrogens (tertiary/aromatic N) is 1. The smallest absolute Gasteiger partial charge is 0.265 e. The maximum Gasteiger partial charge on any atom is 0.265 e. The average molecular weight is 293 g/mol. The van der Waals surface area contributed by atoms with Gasteiger partial charge in [-0.3, -0.25) is 15.1 Å². The Morgan fingerprint density at radius 2 is 2.19 bits per heavy atom. The van der Waals surface area contributed by atoms with Gasteiger partial charge in [0.15, 0.2) is 0 Å². The first-order valence-corrected chi connectivity index (χ1v) is 7.11. The molecule has 1 amide bonds. The number of hydrazine groups is 1. The Bertz CT molecular complexity index is 487. The number of nitrogens with two attached hydrogens (primary N) is 1. The highest BCUT2D eigenvalue weighted by Crippen LogP contribution is 2.22. The predicted molar refractivity (Wildman–Crippen MR) is 79.4 cm³/mol. The fraction of sp³-hybridized carbons (Fsp3) is 0.533. The van der Waals surface area contributed by atoms with Gasteiger partial charge >= 0.3 is 0 Å². The lowest BCUT2D eigenvalue weighted by molar-refractivity contribution is -0.0777. The van der Waals surface area contributed by atoms with Crippen molar-refractivity contribution in [3.63, 3.8) is 0 Å². The summed E-state index contributed by atoms with van der Waals surface area (Å²) < 4.78 is 5.28. The number of ether oxygens (including phenoxy) is 1. The normalized spacial score (nSPS) is 17.7. The van der Waals surface area contributed by atoms with Gasteiger partial charge in [-0.25, -0.2) is 5.84 Å². The second kappa shape index (κ2) is 7.00. The molecule has 21 heavy (non-hydrogen) atoms. The van der Waals surface area contributed by atoms with Crippen LogP contribution in [0.2, 0.25) is 0 Å². The van der Waals surface area contributed by atoms with Crippen molar-refractivity contribution < 1.29 is 14.6 Å². The minimum absolute atomic E-state index is 0.303. The molecule has 0 atom stereocenters. The lowest BCUT2D eigenvalue weighted by Crippen LogP contribution is -2.45. The van der Waals surface area contributed by atoms with E-state index in [4.69, 9.17) is 10.6 Å². The largest absolute Gasteiger partial charge is 0.388 e. The Kier molecular flexibility index (Phi) is 5.30. The SMILES string of the molecule is CN(Cc1cccc(C(=O)NN)c1)CC1(O)CCOCC1. The van der Waals surface area contributed by atoms with Gasteiger partial charge in [0.25, 0.3) is 5.91 Å². The van der Waals surface area contributed by atoms with Crippen LogP contribution in [0.25, 0.3) is 0 Å². The Morgan fingerprint density at radius 3 is 2.86 bits per heavy atom. The molecule has 0 aromatic heterocycles. The van der Waals surface area contributed by atoms with E-state index in [9.17, 15) is 9.90 Å². The van der Waals surface area contributed by atoms with Crippen molar-refractivity contribution in [2.45, 2.75) is 25.0 Å². The second-order valence-electron chi connectivity index (χ2n) is 5.68. The molecule has 1 aliphatic rings. The van der Waals surface area contributed by atoms with E-state index in [-0.39, 0.29) is 5.91 Å². The van der Waals surface area contributed by atoms with Crippen LogP contribution in [0.5, 0.6) is 0 Å². The highest BCUT2D eigenvalue weighted by molar-refractivity contribution is 5.93. The fourth-order valence-electron chi connectivity index (χ4n) is 2.67. The lowest BCUT2D eigenvalue weighted by Gasteiger charge is -2.35. The van der Waals surface area contributed by atoms with Gasteiger partial charge in [0, 0.05) is 44.7 Å². The summed E-state index contributed by atoms with van der Waals surface area (Å²) >= 11 is 0. The molecule has 6 heteroatoms. The van der Waals surface area contributed by atoms with Gasteiger partial charge in [-0.05, 0) is 24.7 Å². The summed E-state index contributed by atoms with van der Waals surface area (Å²) in [5.41, 5.74) is 2.99. The number of aliphatic hydroxyl groups is 1. The van der Waals surface area contributed by atoms with Gasteiger partial charge in [0.05, 0.1) is 5.60 Å². The number of hydrogen-bond acceptors (Lipinski definition) is 5. The molecule has 1 aromatic rings. The van der Waals surface area contributed by atoms with Gasteiger partial charge in [0.2, 0.25) is 0 Å². The minimum atomic E-state index is -0.681. The molecular weight excluding hydrogens is 270 g/mol. The zero-order valence-electron chi connectivity index (χ0n) is 12.3. The number of amides is 1. The van der Waals surface area contributed by atoms with Crippen molar-refractivity contribution in [1.29, 1.82) is 0 Å². The first kappa shape index (κ1) is 15.9. The van der Waals surface area contributed by atoms with E-state index in [1.807, 2.05) is 25.2 Å². The summed E-state index contributed by atoms with van der Waals surface area (Å²) in [4.78, 5) is 13.6. The molecule has 1 heterocycles. The number of nitrogen functional groups attached to an aromatic ring is 1. The zero-order valence-corrected chi connectivity index (χ0v) is 12.3. The van der Waals surface area contributed by atoms with Gasteiger partial charge in [-0.1, -0.05) is 12.1 Å². The van der Waals surface area contributed by atoms with Crippen LogP contribution < -0.4 is 11.3 Å². The van der Waals surface area contributed by atoms with E-state index in [0.717, 1.165) is 5.56 Å². The van der Waals surface area contributed by atoms with E-state index >= 15 is 0 Å². The molecule has 2 rings (SSSR count). The molecule has 0 unspecified atom stereocenters. The standard InChI is InChI=1S/C15H23N3O3/c1-18(11-15(20)5-7-21-8-6-15)10-12-3-2-4-13(9-12)14(19)17-16/h2-4,9,20H,5-8,10-11,16H2,1H3,(H,17,19). The van der Waals surface area contributed by atoms with E-state index in [2.05, 4.69) is 10.3 Å². The van der Waals surface area contributed by atoms with Crippen LogP contribution in [-0.2, 0) is 11.3 Å². The van der Waals surface area contributed by atoms with Gasteiger partial charge < -0.3 is 9.84 Å². The molecule has 0 bridgehead atoms. The van der Waals surface area contributed by atoms with Crippen LogP contribution in [-0.4, -0.2) is 48.3 Å². The molecule has 1 fully saturated rings. The van der Waals surface area contributed by atoms with Crippen molar-refractivity contribution in [2.24, 2.45) is 5.84 Å². The number of nitrogens with one attached hydrogen (secondary N) is 1. The molecular formula is C15H23N3O3. The molecule has 116 valence electrons. The number of benzene rings is 1. The maximum atomic E-state index is 11.5. The summed E-state index contributed by atoms with van der Waals surface area (Å²) in [5.74, 6) is 4.84. The summed E-state index contributed by atoms with van der Waals surface area (Å²) in [5, 5.41) is 10.5. The van der Waals surface area contributed by atoms with Crippen LogP contribution in [0.3, 0.4) is 0 Å². The summed E-state index contributed by atoms with van der Waals surface area (Å²) in [6.07, 6.45) is 1.32. The Hall–Kier alpha value is -1.47. The first-order valence-electron chi connectivity index (χ1n) is 7.11. The van der Waals surface area contributed by atoms with Crippen molar-refractivity contribution in [1.82, 2.24) is 10.3 Å². The van der Waals surface area contributed by atoms with Crippen molar-refractivity contribution >= 4 is 5.91 Å². The molecule has 1 saturated heterocycles. The lowest BCUT2D eigenvalue weighted by atomic mass is 9.94. The molecule has 6 nitrogen and oxygen atoms in total. The summed E-state index contributed by atoms with van der Waals surface area (Å²) in [7, 11) is 1.96. The van der Waals surface area contributed by atoms with Gasteiger partial charge in [0.1, 0.15) is 0 Å². The van der Waals surface area contributed by atoms with E-state index in [0.29, 0.717) is 44.7 Å². The number of rotatable bonds is 5. The zero-order chi connectivity index (χ0) is 15.3.